The number of nitrogens with one attached hydrogen (secondary N) is 1. The van der Waals surface area contributed by atoms with Crippen LogP contribution in [0.15, 0.2) is 4.99 Å². The predicted molar refractivity (Wildman–Crippen MR) is 125 cm³/mol. The Morgan fingerprint density at radius 2 is 1.72 bits per heavy atom. The maximum absolute atomic E-state index is 12.5. The summed E-state index contributed by atoms with van der Waals surface area (Å²) in [5.74, 6) is 1.17. The summed E-state index contributed by atoms with van der Waals surface area (Å²) < 4.78 is 11.1. The Balaban J connectivity index is 0.00000300. The first kappa shape index (κ1) is 24.6. The van der Waals surface area contributed by atoms with Crippen LogP contribution in [-0.4, -0.2) is 111 Å². The van der Waals surface area contributed by atoms with Crippen LogP contribution in [0.4, 0.5) is 0 Å². The second-order valence-corrected chi connectivity index (χ2v) is 8.86. The molecule has 0 radical (unpaired) electrons. The molecule has 9 heteroatoms. The van der Waals surface area contributed by atoms with E-state index in [9.17, 15) is 4.79 Å². The van der Waals surface area contributed by atoms with E-state index in [2.05, 4.69) is 40.9 Å². The molecule has 2 heterocycles. The molecule has 2 unspecified atom stereocenters. The van der Waals surface area contributed by atoms with Gasteiger partial charge in [-0.05, 0) is 13.3 Å². The molecule has 2 atom stereocenters. The van der Waals surface area contributed by atoms with E-state index >= 15 is 0 Å². The van der Waals surface area contributed by atoms with Crippen LogP contribution in [-0.2, 0) is 14.3 Å². The van der Waals surface area contributed by atoms with Crippen molar-refractivity contribution in [2.45, 2.75) is 38.8 Å². The highest BCUT2D eigenvalue weighted by Gasteiger charge is 2.58. The molecule has 1 saturated carbocycles. The lowest BCUT2D eigenvalue weighted by Gasteiger charge is -2.59. The van der Waals surface area contributed by atoms with Gasteiger partial charge in [0.25, 0.3) is 0 Å². The van der Waals surface area contributed by atoms with Crippen LogP contribution >= 0.6 is 24.0 Å². The van der Waals surface area contributed by atoms with Gasteiger partial charge in [-0.3, -0.25) is 14.7 Å². The lowest BCUT2D eigenvalue weighted by atomic mass is 9.56. The first-order chi connectivity index (χ1) is 13.3. The topological polar surface area (TPSA) is 69.6 Å². The molecule has 3 fully saturated rings. The first-order valence-corrected chi connectivity index (χ1v) is 10.4. The molecule has 2 saturated heterocycles. The number of methoxy groups -OCH3 is 1. The molecule has 0 aromatic carbocycles. The summed E-state index contributed by atoms with van der Waals surface area (Å²) in [5, 5.41) is 3.65. The van der Waals surface area contributed by atoms with Gasteiger partial charge in [-0.15, -0.1) is 24.0 Å². The molecular formula is C20H38IN5O3. The number of carbonyl (C=O) groups is 1. The highest BCUT2D eigenvalue weighted by molar-refractivity contribution is 14.0. The Labute approximate surface area is 192 Å². The summed E-state index contributed by atoms with van der Waals surface area (Å²) in [5.41, 5.74) is -0.0494. The van der Waals surface area contributed by atoms with E-state index in [-0.39, 0.29) is 40.9 Å². The Kier molecular flexibility index (Phi) is 8.58. The van der Waals surface area contributed by atoms with E-state index in [1.54, 1.807) is 7.11 Å². The number of hydrogen-bond acceptors (Lipinski definition) is 5. The minimum atomic E-state index is -0.0952. The maximum Gasteiger partial charge on any atom is 0.236 e. The summed E-state index contributed by atoms with van der Waals surface area (Å²) in [6, 6.07) is 0.345. The molecule has 1 aliphatic carbocycles. The number of ether oxygens (including phenoxy) is 2. The van der Waals surface area contributed by atoms with Gasteiger partial charge in [0.05, 0.1) is 25.4 Å². The van der Waals surface area contributed by atoms with Gasteiger partial charge in [0.2, 0.25) is 5.91 Å². The average molecular weight is 523 g/mol. The summed E-state index contributed by atoms with van der Waals surface area (Å²) in [6.45, 7) is 13.4. The molecule has 1 N–H and O–H groups in total. The normalized spacial score (nSPS) is 30.4. The molecule has 2 aliphatic heterocycles. The number of morpholine rings is 1. The molecule has 168 valence electrons. The summed E-state index contributed by atoms with van der Waals surface area (Å²) >= 11 is 0. The van der Waals surface area contributed by atoms with E-state index in [0.717, 1.165) is 38.6 Å². The van der Waals surface area contributed by atoms with Gasteiger partial charge in [-0.25, -0.2) is 0 Å². The zero-order chi connectivity index (χ0) is 20.4. The molecule has 0 aromatic rings. The summed E-state index contributed by atoms with van der Waals surface area (Å²) in [6.07, 6.45) is 0.976. The Bertz CT molecular complexity index is 589. The monoisotopic (exact) mass is 523 g/mol. The largest absolute Gasteiger partial charge is 0.378 e. The van der Waals surface area contributed by atoms with Gasteiger partial charge in [-0.1, -0.05) is 13.8 Å². The van der Waals surface area contributed by atoms with Crippen molar-refractivity contribution in [1.29, 1.82) is 0 Å². The predicted octanol–water partition coefficient (Wildman–Crippen LogP) is 0.860. The van der Waals surface area contributed by atoms with Crippen LogP contribution in [0.2, 0.25) is 0 Å². The van der Waals surface area contributed by atoms with Crippen molar-refractivity contribution in [3.63, 3.8) is 0 Å². The minimum Gasteiger partial charge on any atom is -0.378 e. The molecular weight excluding hydrogens is 485 g/mol. The standard InChI is InChI=1S/C20H37N5O3.HI/c1-19(2)16(14-20(19,3)27-5)22-18(21-4)25-8-6-23(7-9-25)15-17(26)24-10-12-28-13-11-24;/h16H,6-15H2,1-5H3,(H,21,22);1H. The van der Waals surface area contributed by atoms with Gasteiger partial charge in [0.1, 0.15) is 0 Å². The third kappa shape index (κ3) is 5.16. The van der Waals surface area contributed by atoms with Crippen LogP contribution in [0.25, 0.3) is 0 Å². The molecule has 0 spiro atoms. The quantitative estimate of drug-likeness (QED) is 0.335. The highest BCUT2D eigenvalue weighted by Crippen LogP contribution is 2.51. The van der Waals surface area contributed by atoms with Crippen molar-refractivity contribution < 1.29 is 14.3 Å². The summed E-state index contributed by atoms with van der Waals surface area (Å²) in [4.78, 5) is 23.4. The Morgan fingerprint density at radius 1 is 1.10 bits per heavy atom. The maximum atomic E-state index is 12.5. The van der Waals surface area contributed by atoms with Crippen molar-refractivity contribution in [2.75, 3.05) is 73.2 Å². The molecule has 1 amide bonds. The molecule has 0 aromatic heterocycles. The molecule has 0 bridgehead atoms. The fourth-order valence-electron chi connectivity index (χ4n) is 4.40. The lowest BCUT2D eigenvalue weighted by molar-refractivity contribution is -0.177. The Morgan fingerprint density at radius 3 is 2.24 bits per heavy atom. The van der Waals surface area contributed by atoms with Crippen molar-refractivity contribution in [3.05, 3.63) is 0 Å². The number of guanidine groups is 1. The van der Waals surface area contributed by atoms with Crippen molar-refractivity contribution in [3.8, 4) is 0 Å². The number of piperazine rings is 1. The first-order valence-electron chi connectivity index (χ1n) is 10.4. The minimum absolute atomic E-state index is 0. The van der Waals surface area contributed by atoms with Gasteiger partial charge < -0.3 is 24.6 Å². The van der Waals surface area contributed by atoms with Crippen LogP contribution in [0.1, 0.15) is 27.2 Å². The fraction of sp³-hybridized carbons (Fsp3) is 0.900. The van der Waals surface area contributed by atoms with Crippen LogP contribution < -0.4 is 5.32 Å². The number of nitrogens with zero attached hydrogens (tertiary/aromatic N) is 4. The zero-order valence-electron chi connectivity index (χ0n) is 18.6. The van der Waals surface area contributed by atoms with E-state index in [0.29, 0.717) is 38.9 Å². The highest BCUT2D eigenvalue weighted by atomic mass is 127. The van der Waals surface area contributed by atoms with E-state index in [4.69, 9.17) is 9.47 Å². The van der Waals surface area contributed by atoms with Crippen LogP contribution in [0.5, 0.6) is 0 Å². The van der Waals surface area contributed by atoms with Crippen LogP contribution in [0, 0.1) is 5.41 Å². The molecule has 29 heavy (non-hydrogen) atoms. The second-order valence-electron chi connectivity index (χ2n) is 8.86. The van der Waals surface area contributed by atoms with Crippen LogP contribution in [0.3, 0.4) is 0 Å². The lowest BCUT2D eigenvalue weighted by Crippen LogP contribution is -2.70. The van der Waals surface area contributed by atoms with Gasteiger partial charge >= 0.3 is 0 Å². The van der Waals surface area contributed by atoms with Gasteiger partial charge in [0.15, 0.2) is 5.96 Å². The third-order valence-corrected chi connectivity index (χ3v) is 7.19. The SMILES string of the molecule is CN=C(NC1CC(C)(OC)C1(C)C)N1CCN(CC(=O)N2CCOCC2)CC1.I. The van der Waals surface area contributed by atoms with Crippen molar-refractivity contribution >= 4 is 35.8 Å². The molecule has 3 aliphatic rings. The summed E-state index contributed by atoms with van der Waals surface area (Å²) in [7, 11) is 3.64. The fourth-order valence-corrected chi connectivity index (χ4v) is 4.40. The number of halogens is 1. The third-order valence-electron chi connectivity index (χ3n) is 7.19. The Hall–Kier alpha value is -0.650. The number of rotatable bonds is 4. The second kappa shape index (κ2) is 10.1. The number of hydrogen-bond donors (Lipinski definition) is 1. The number of amides is 1. The van der Waals surface area contributed by atoms with E-state index < -0.39 is 0 Å². The number of aliphatic imine (C=N–C) groups is 1. The van der Waals surface area contributed by atoms with Gasteiger partial charge in [0, 0.05) is 64.9 Å². The van der Waals surface area contributed by atoms with Crippen molar-refractivity contribution in [2.24, 2.45) is 10.4 Å². The van der Waals surface area contributed by atoms with Crippen molar-refractivity contribution in [1.82, 2.24) is 20.0 Å². The number of carbonyl (C=O) groups excluding carboxylic acids is 1. The molecule has 3 rings (SSSR count). The molecule has 8 nitrogen and oxygen atoms in total. The van der Waals surface area contributed by atoms with E-state index in [1.165, 1.54) is 0 Å². The van der Waals surface area contributed by atoms with E-state index in [1.807, 2.05) is 11.9 Å². The smallest absolute Gasteiger partial charge is 0.236 e. The average Bonchev–Trinajstić information content (AvgIpc) is 2.72. The zero-order valence-corrected chi connectivity index (χ0v) is 20.9. The van der Waals surface area contributed by atoms with Gasteiger partial charge in [-0.2, -0.15) is 0 Å².